The lowest BCUT2D eigenvalue weighted by Gasteiger charge is -2.37. The molecule has 0 atom stereocenters. The molecule has 0 N–H and O–H groups in total. The third kappa shape index (κ3) is 4.97. The molecule has 2 aliphatic heterocycles. The van der Waals surface area contributed by atoms with E-state index in [0.29, 0.717) is 63.7 Å². The van der Waals surface area contributed by atoms with Crippen molar-refractivity contribution < 1.29 is 14.5 Å². The summed E-state index contributed by atoms with van der Waals surface area (Å²) in [6.45, 7) is 4.95. The maximum absolute atomic E-state index is 13.1. The molecular weight excluding hydrogens is 444 g/mol. The zero-order chi connectivity index (χ0) is 24.2. The van der Waals surface area contributed by atoms with Crippen LogP contribution in [0, 0.1) is 10.1 Å². The maximum Gasteiger partial charge on any atom is 0.292 e. The van der Waals surface area contributed by atoms with E-state index in [1.54, 1.807) is 6.07 Å². The summed E-state index contributed by atoms with van der Waals surface area (Å²) >= 11 is 0. The molecule has 3 aromatic carbocycles. The first kappa shape index (κ1) is 22.9. The number of ether oxygens (including phenoxy) is 1. The molecule has 0 radical (unpaired) electrons. The van der Waals surface area contributed by atoms with Crippen LogP contribution >= 0.6 is 0 Å². The van der Waals surface area contributed by atoms with Gasteiger partial charge in [-0.05, 0) is 35.4 Å². The molecule has 0 unspecified atom stereocenters. The van der Waals surface area contributed by atoms with E-state index in [1.165, 1.54) is 0 Å². The number of nitro groups is 1. The molecule has 180 valence electrons. The molecule has 0 spiro atoms. The summed E-state index contributed by atoms with van der Waals surface area (Å²) in [5.41, 5.74) is 4.58. The molecule has 0 aliphatic carbocycles. The van der Waals surface area contributed by atoms with E-state index in [0.717, 1.165) is 16.8 Å². The molecule has 0 bridgehead atoms. The molecule has 2 heterocycles. The van der Waals surface area contributed by atoms with Gasteiger partial charge in [-0.1, -0.05) is 42.5 Å². The van der Waals surface area contributed by atoms with Crippen LogP contribution in [0.3, 0.4) is 0 Å². The number of amides is 1. The number of nitro benzene ring substituents is 1. The number of hydrogen-bond donors (Lipinski definition) is 0. The van der Waals surface area contributed by atoms with Gasteiger partial charge in [-0.2, -0.15) is 0 Å². The van der Waals surface area contributed by atoms with E-state index >= 15 is 0 Å². The molecule has 35 heavy (non-hydrogen) atoms. The number of piperazine rings is 1. The molecule has 5 rings (SSSR count). The van der Waals surface area contributed by atoms with Crippen LogP contribution in [0.15, 0.2) is 72.8 Å². The van der Waals surface area contributed by atoms with Gasteiger partial charge >= 0.3 is 0 Å². The van der Waals surface area contributed by atoms with Crippen LogP contribution < -0.4 is 9.80 Å². The highest BCUT2D eigenvalue weighted by atomic mass is 16.6. The Kier molecular flexibility index (Phi) is 6.63. The Morgan fingerprint density at radius 2 is 1.43 bits per heavy atom. The maximum atomic E-state index is 13.1. The van der Waals surface area contributed by atoms with Gasteiger partial charge in [0, 0.05) is 56.6 Å². The Bertz CT molecular complexity index is 1190. The number of nitrogens with zero attached hydrogens (tertiary/aromatic N) is 4. The SMILES string of the molecule is O=C(c1ccc(-c2ccccc2)cc1)N1CCN(c2ccc([N+](=O)[O-])c(N3CCOCC3)c2)CC1. The van der Waals surface area contributed by atoms with E-state index in [2.05, 4.69) is 17.0 Å². The van der Waals surface area contributed by atoms with Crippen LogP contribution in [0.4, 0.5) is 17.1 Å². The monoisotopic (exact) mass is 472 g/mol. The van der Waals surface area contributed by atoms with Gasteiger partial charge in [-0.3, -0.25) is 14.9 Å². The lowest BCUT2D eigenvalue weighted by Crippen LogP contribution is -2.48. The zero-order valence-corrected chi connectivity index (χ0v) is 19.5. The first-order valence-corrected chi connectivity index (χ1v) is 11.9. The molecule has 2 saturated heterocycles. The fraction of sp³-hybridized carbons (Fsp3) is 0.296. The molecule has 8 heteroatoms. The lowest BCUT2D eigenvalue weighted by atomic mass is 10.0. The van der Waals surface area contributed by atoms with Crippen molar-refractivity contribution >= 4 is 23.0 Å². The summed E-state index contributed by atoms with van der Waals surface area (Å²) in [7, 11) is 0. The molecule has 1 amide bonds. The number of carbonyl (C=O) groups excluding carboxylic acids is 1. The van der Waals surface area contributed by atoms with Gasteiger partial charge in [0.2, 0.25) is 0 Å². The molecule has 0 aromatic heterocycles. The average molecular weight is 473 g/mol. The molecule has 8 nitrogen and oxygen atoms in total. The normalized spacial score (nSPS) is 16.3. The number of benzene rings is 3. The smallest absolute Gasteiger partial charge is 0.292 e. The standard InChI is InChI=1S/C27H28N4O4/c32-27(23-8-6-22(7-9-23)21-4-2-1-3-5-21)30-14-12-28(13-15-30)24-10-11-25(31(33)34)26(20-24)29-16-18-35-19-17-29/h1-11,20H,12-19H2. The Hall–Kier alpha value is -3.91. The Morgan fingerprint density at radius 1 is 0.771 bits per heavy atom. The highest BCUT2D eigenvalue weighted by molar-refractivity contribution is 5.95. The van der Waals surface area contributed by atoms with Gasteiger partial charge in [0.15, 0.2) is 0 Å². The summed E-state index contributed by atoms with van der Waals surface area (Å²) < 4.78 is 5.41. The predicted octanol–water partition coefficient (Wildman–Crippen LogP) is 4.06. The molecule has 0 saturated carbocycles. The number of rotatable bonds is 5. The molecule has 2 fully saturated rings. The van der Waals surface area contributed by atoms with E-state index < -0.39 is 0 Å². The fourth-order valence-corrected chi connectivity index (χ4v) is 4.71. The topological polar surface area (TPSA) is 79.2 Å². The minimum absolute atomic E-state index is 0.0296. The molecule has 3 aromatic rings. The highest BCUT2D eigenvalue weighted by Crippen LogP contribution is 2.33. The number of anilines is 2. The van der Waals surface area contributed by atoms with Crippen LogP contribution in [-0.4, -0.2) is 68.2 Å². The van der Waals surface area contributed by atoms with Crippen molar-refractivity contribution in [3.63, 3.8) is 0 Å². The average Bonchev–Trinajstić information content (AvgIpc) is 2.93. The van der Waals surface area contributed by atoms with Gasteiger partial charge in [-0.25, -0.2) is 0 Å². The van der Waals surface area contributed by atoms with E-state index in [4.69, 9.17) is 4.74 Å². The third-order valence-electron chi connectivity index (χ3n) is 6.68. The first-order valence-electron chi connectivity index (χ1n) is 11.9. The van der Waals surface area contributed by atoms with E-state index in [1.807, 2.05) is 64.4 Å². The largest absolute Gasteiger partial charge is 0.378 e. The van der Waals surface area contributed by atoms with Crippen molar-refractivity contribution in [2.24, 2.45) is 0 Å². The Morgan fingerprint density at radius 3 is 2.09 bits per heavy atom. The van der Waals surface area contributed by atoms with Crippen molar-refractivity contribution in [2.45, 2.75) is 0 Å². The van der Waals surface area contributed by atoms with Crippen LogP contribution in [0.25, 0.3) is 11.1 Å². The third-order valence-corrected chi connectivity index (χ3v) is 6.68. The summed E-state index contributed by atoms with van der Waals surface area (Å²) in [5, 5.41) is 11.6. The second-order valence-corrected chi connectivity index (χ2v) is 8.75. The lowest BCUT2D eigenvalue weighted by molar-refractivity contribution is -0.384. The minimum Gasteiger partial charge on any atom is -0.378 e. The van der Waals surface area contributed by atoms with Crippen LogP contribution in [0.1, 0.15) is 10.4 Å². The predicted molar refractivity (Wildman–Crippen MR) is 136 cm³/mol. The van der Waals surface area contributed by atoms with Crippen molar-refractivity contribution in [3.8, 4) is 11.1 Å². The van der Waals surface area contributed by atoms with Crippen LogP contribution in [0.2, 0.25) is 0 Å². The molecule has 2 aliphatic rings. The quantitative estimate of drug-likeness (QED) is 0.412. The second-order valence-electron chi connectivity index (χ2n) is 8.75. The van der Waals surface area contributed by atoms with Gasteiger partial charge in [0.05, 0.1) is 18.1 Å². The van der Waals surface area contributed by atoms with Crippen molar-refractivity contribution in [2.75, 3.05) is 62.3 Å². The highest BCUT2D eigenvalue weighted by Gasteiger charge is 2.26. The molecular formula is C27H28N4O4. The summed E-state index contributed by atoms with van der Waals surface area (Å²) in [6, 6.07) is 23.2. The summed E-state index contributed by atoms with van der Waals surface area (Å²) in [5.74, 6) is 0.0296. The number of carbonyl (C=O) groups is 1. The van der Waals surface area contributed by atoms with Crippen LogP contribution in [0.5, 0.6) is 0 Å². The van der Waals surface area contributed by atoms with Gasteiger partial charge in [-0.15, -0.1) is 0 Å². The summed E-state index contributed by atoms with van der Waals surface area (Å²) in [4.78, 5) is 30.4. The zero-order valence-electron chi connectivity index (χ0n) is 19.5. The van der Waals surface area contributed by atoms with Crippen molar-refractivity contribution in [1.29, 1.82) is 0 Å². The minimum atomic E-state index is -0.325. The van der Waals surface area contributed by atoms with Gasteiger partial charge in [0.25, 0.3) is 11.6 Å². The number of hydrogen-bond acceptors (Lipinski definition) is 6. The Balaban J connectivity index is 1.25. The summed E-state index contributed by atoms with van der Waals surface area (Å²) in [6.07, 6.45) is 0. The Labute approximate surface area is 204 Å². The van der Waals surface area contributed by atoms with Crippen LogP contribution in [-0.2, 0) is 4.74 Å². The van der Waals surface area contributed by atoms with Crippen molar-refractivity contribution in [1.82, 2.24) is 4.90 Å². The second kappa shape index (κ2) is 10.1. The fourth-order valence-electron chi connectivity index (χ4n) is 4.71. The van der Waals surface area contributed by atoms with Gasteiger partial charge in [0.1, 0.15) is 5.69 Å². The van der Waals surface area contributed by atoms with E-state index in [-0.39, 0.29) is 16.5 Å². The van der Waals surface area contributed by atoms with Gasteiger partial charge < -0.3 is 19.4 Å². The van der Waals surface area contributed by atoms with Crippen molar-refractivity contribution in [3.05, 3.63) is 88.5 Å². The first-order chi connectivity index (χ1) is 17.1. The van der Waals surface area contributed by atoms with E-state index in [9.17, 15) is 14.9 Å². The number of morpholine rings is 1.